The van der Waals surface area contributed by atoms with Crippen molar-refractivity contribution < 1.29 is 9.47 Å². The molecule has 0 saturated carbocycles. The van der Waals surface area contributed by atoms with E-state index in [-0.39, 0.29) is 6.29 Å². The fourth-order valence-electron chi connectivity index (χ4n) is 1.35. The topological polar surface area (TPSA) is 18.5 Å². The second-order valence-corrected chi connectivity index (χ2v) is 3.29. The zero-order valence-corrected chi connectivity index (χ0v) is 9.35. The number of benzene rings is 1. The van der Waals surface area contributed by atoms with Gasteiger partial charge in [0.05, 0.1) is 0 Å². The Labute approximate surface area is 91.5 Å². The van der Waals surface area contributed by atoms with Crippen molar-refractivity contribution in [2.45, 2.75) is 19.1 Å². The van der Waals surface area contributed by atoms with Gasteiger partial charge in [0.2, 0.25) is 0 Å². The molecule has 1 rings (SSSR count). The van der Waals surface area contributed by atoms with Gasteiger partial charge in [0.1, 0.15) is 0 Å². The molecule has 0 aliphatic heterocycles. The standard InChI is InChI=1S/C13H18O2/c1-14-13(15-2)11-7-6-10-12-8-4-3-5-9-12/h3-6,8-10,13H,7,11H2,1-2H3/b10-6+. The minimum Gasteiger partial charge on any atom is -0.356 e. The van der Waals surface area contributed by atoms with Crippen LogP contribution >= 0.6 is 0 Å². The molecule has 0 aliphatic rings. The van der Waals surface area contributed by atoms with Gasteiger partial charge in [-0.1, -0.05) is 42.5 Å². The number of rotatable bonds is 6. The van der Waals surface area contributed by atoms with Crippen LogP contribution in [0.2, 0.25) is 0 Å². The fraction of sp³-hybridized carbons (Fsp3) is 0.385. The van der Waals surface area contributed by atoms with Crippen LogP contribution in [0.25, 0.3) is 6.08 Å². The van der Waals surface area contributed by atoms with Gasteiger partial charge in [0.15, 0.2) is 6.29 Å². The average Bonchev–Trinajstić information content (AvgIpc) is 2.31. The van der Waals surface area contributed by atoms with E-state index in [9.17, 15) is 0 Å². The first-order valence-electron chi connectivity index (χ1n) is 5.14. The van der Waals surface area contributed by atoms with Crippen molar-refractivity contribution in [3.05, 3.63) is 42.0 Å². The fourth-order valence-corrected chi connectivity index (χ4v) is 1.35. The Morgan fingerprint density at radius 2 is 1.80 bits per heavy atom. The molecule has 0 amide bonds. The summed E-state index contributed by atoms with van der Waals surface area (Å²) in [6, 6.07) is 10.3. The predicted octanol–water partition coefficient (Wildman–Crippen LogP) is 3.10. The Morgan fingerprint density at radius 1 is 1.13 bits per heavy atom. The second kappa shape index (κ2) is 7.21. The molecular formula is C13H18O2. The third kappa shape index (κ3) is 4.77. The van der Waals surface area contributed by atoms with Gasteiger partial charge in [-0.05, 0) is 12.0 Å². The first-order chi connectivity index (χ1) is 7.36. The van der Waals surface area contributed by atoms with Gasteiger partial charge in [-0.25, -0.2) is 0 Å². The lowest BCUT2D eigenvalue weighted by Gasteiger charge is -2.10. The molecule has 0 bridgehead atoms. The van der Waals surface area contributed by atoms with E-state index in [1.807, 2.05) is 18.2 Å². The van der Waals surface area contributed by atoms with Gasteiger partial charge in [-0.3, -0.25) is 0 Å². The highest BCUT2D eigenvalue weighted by molar-refractivity contribution is 5.48. The number of ether oxygens (including phenoxy) is 2. The molecule has 0 radical (unpaired) electrons. The molecule has 0 unspecified atom stereocenters. The summed E-state index contributed by atoms with van der Waals surface area (Å²) in [7, 11) is 3.32. The molecule has 2 heteroatoms. The van der Waals surface area contributed by atoms with Crippen LogP contribution in [0, 0.1) is 0 Å². The van der Waals surface area contributed by atoms with Crippen molar-refractivity contribution in [3.63, 3.8) is 0 Å². The average molecular weight is 206 g/mol. The van der Waals surface area contributed by atoms with Crippen LogP contribution in [-0.2, 0) is 9.47 Å². The van der Waals surface area contributed by atoms with Gasteiger partial charge in [-0.15, -0.1) is 0 Å². The molecule has 0 saturated heterocycles. The third-order valence-corrected chi connectivity index (χ3v) is 2.20. The number of methoxy groups -OCH3 is 2. The highest BCUT2D eigenvalue weighted by Gasteiger charge is 2.01. The third-order valence-electron chi connectivity index (χ3n) is 2.20. The molecule has 0 atom stereocenters. The summed E-state index contributed by atoms with van der Waals surface area (Å²) >= 11 is 0. The minimum atomic E-state index is -0.0922. The van der Waals surface area contributed by atoms with E-state index in [0.29, 0.717) is 0 Å². The Bertz CT molecular complexity index is 276. The first-order valence-corrected chi connectivity index (χ1v) is 5.14. The smallest absolute Gasteiger partial charge is 0.157 e. The number of hydrogen-bond acceptors (Lipinski definition) is 2. The summed E-state index contributed by atoms with van der Waals surface area (Å²) in [6.07, 6.45) is 6.01. The van der Waals surface area contributed by atoms with Crippen LogP contribution in [0.15, 0.2) is 36.4 Å². The van der Waals surface area contributed by atoms with Gasteiger partial charge in [0.25, 0.3) is 0 Å². The summed E-state index contributed by atoms with van der Waals surface area (Å²) in [4.78, 5) is 0. The van der Waals surface area contributed by atoms with E-state index < -0.39 is 0 Å². The largest absolute Gasteiger partial charge is 0.356 e. The van der Waals surface area contributed by atoms with Crippen LogP contribution in [0.1, 0.15) is 18.4 Å². The summed E-state index contributed by atoms with van der Waals surface area (Å²) < 4.78 is 10.2. The Morgan fingerprint density at radius 3 is 2.40 bits per heavy atom. The molecule has 0 spiro atoms. The van der Waals surface area contributed by atoms with E-state index >= 15 is 0 Å². The van der Waals surface area contributed by atoms with E-state index in [2.05, 4.69) is 24.3 Å². The highest BCUT2D eigenvalue weighted by atomic mass is 16.7. The zero-order chi connectivity index (χ0) is 10.9. The first kappa shape index (κ1) is 12.0. The normalized spacial score (nSPS) is 11.4. The molecule has 0 aliphatic carbocycles. The van der Waals surface area contributed by atoms with Crippen LogP contribution in [0.5, 0.6) is 0 Å². The van der Waals surface area contributed by atoms with Crippen molar-refractivity contribution in [1.29, 1.82) is 0 Å². The van der Waals surface area contributed by atoms with Crippen LogP contribution < -0.4 is 0 Å². The maximum Gasteiger partial charge on any atom is 0.157 e. The number of allylic oxidation sites excluding steroid dienone is 1. The summed E-state index contributed by atoms with van der Waals surface area (Å²) in [6.45, 7) is 0. The summed E-state index contributed by atoms with van der Waals surface area (Å²) in [5, 5.41) is 0. The van der Waals surface area contributed by atoms with E-state index in [1.54, 1.807) is 14.2 Å². The lowest BCUT2D eigenvalue weighted by molar-refractivity contribution is -0.105. The molecule has 0 heterocycles. The van der Waals surface area contributed by atoms with Crippen molar-refractivity contribution in [2.24, 2.45) is 0 Å². The predicted molar refractivity (Wildman–Crippen MR) is 62.5 cm³/mol. The van der Waals surface area contributed by atoms with Crippen LogP contribution in [-0.4, -0.2) is 20.5 Å². The summed E-state index contributed by atoms with van der Waals surface area (Å²) in [5.41, 5.74) is 1.23. The van der Waals surface area contributed by atoms with Gasteiger partial charge in [-0.2, -0.15) is 0 Å². The molecule has 0 N–H and O–H groups in total. The van der Waals surface area contributed by atoms with E-state index in [0.717, 1.165) is 12.8 Å². The van der Waals surface area contributed by atoms with Crippen molar-refractivity contribution in [1.82, 2.24) is 0 Å². The second-order valence-electron chi connectivity index (χ2n) is 3.29. The van der Waals surface area contributed by atoms with Crippen LogP contribution in [0.3, 0.4) is 0 Å². The van der Waals surface area contributed by atoms with E-state index in [1.165, 1.54) is 5.56 Å². The van der Waals surface area contributed by atoms with Gasteiger partial charge >= 0.3 is 0 Å². The van der Waals surface area contributed by atoms with Gasteiger partial charge in [0, 0.05) is 20.6 Å². The molecule has 2 nitrogen and oxygen atoms in total. The molecular weight excluding hydrogens is 188 g/mol. The van der Waals surface area contributed by atoms with E-state index in [4.69, 9.17) is 9.47 Å². The van der Waals surface area contributed by atoms with Crippen molar-refractivity contribution >= 4 is 6.08 Å². The van der Waals surface area contributed by atoms with Gasteiger partial charge < -0.3 is 9.47 Å². The summed E-state index contributed by atoms with van der Waals surface area (Å²) in [5.74, 6) is 0. The molecule has 1 aromatic carbocycles. The molecule has 0 aromatic heterocycles. The monoisotopic (exact) mass is 206 g/mol. The zero-order valence-electron chi connectivity index (χ0n) is 9.35. The van der Waals surface area contributed by atoms with Crippen molar-refractivity contribution in [2.75, 3.05) is 14.2 Å². The molecule has 82 valence electrons. The maximum absolute atomic E-state index is 5.10. The maximum atomic E-state index is 5.10. The Balaban J connectivity index is 2.28. The highest BCUT2D eigenvalue weighted by Crippen LogP contribution is 2.06. The Kier molecular flexibility index (Phi) is 5.74. The lowest BCUT2D eigenvalue weighted by atomic mass is 10.2. The number of hydrogen-bond donors (Lipinski definition) is 0. The Hall–Kier alpha value is -1.12. The lowest BCUT2D eigenvalue weighted by Crippen LogP contribution is -2.11. The molecule has 15 heavy (non-hydrogen) atoms. The SMILES string of the molecule is COC(CC/C=C/c1ccccc1)OC. The molecule has 0 fully saturated rings. The van der Waals surface area contributed by atoms with Crippen molar-refractivity contribution in [3.8, 4) is 0 Å². The van der Waals surface area contributed by atoms with Crippen LogP contribution in [0.4, 0.5) is 0 Å². The quantitative estimate of drug-likeness (QED) is 0.666. The minimum absolute atomic E-state index is 0.0922. The molecule has 1 aromatic rings.